The molecule has 0 aliphatic heterocycles. The molecule has 1 saturated carbocycles. The van der Waals surface area contributed by atoms with Gasteiger partial charge >= 0.3 is 0 Å². The molecule has 5 heteroatoms. The number of rotatable bonds is 7. The van der Waals surface area contributed by atoms with Gasteiger partial charge in [0.1, 0.15) is 11.3 Å². The fraction of sp³-hybridized carbons (Fsp3) is 0.200. The molecule has 0 saturated heterocycles. The van der Waals surface area contributed by atoms with Gasteiger partial charge in [-0.15, -0.1) is 0 Å². The molecule has 35 heavy (non-hydrogen) atoms. The van der Waals surface area contributed by atoms with Gasteiger partial charge in [0.25, 0.3) is 0 Å². The largest absolute Gasteiger partial charge is 0.436 e. The molecule has 0 amide bonds. The van der Waals surface area contributed by atoms with Crippen LogP contribution in [0.5, 0.6) is 0 Å². The lowest BCUT2D eigenvalue weighted by Gasteiger charge is -2.38. The summed E-state index contributed by atoms with van der Waals surface area (Å²) in [5, 5.41) is 0. The van der Waals surface area contributed by atoms with Gasteiger partial charge in [0.2, 0.25) is 5.71 Å². The van der Waals surface area contributed by atoms with E-state index in [0.717, 1.165) is 52.1 Å². The fourth-order valence-corrected chi connectivity index (χ4v) is 4.70. The van der Waals surface area contributed by atoms with E-state index in [4.69, 9.17) is 19.9 Å². The Morgan fingerprint density at radius 2 is 1.54 bits per heavy atom. The van der Waals surface area contributed by atoms with Crippen molar-refractivity contribution in [3.63, 3.8) is 0 Å². The summed E-state index contributed by atoms with van der Waals surface area (Å²) >= 11 is 0. The third kappa shape index (κ3) is 4.25. The van der Waals surface area contributed by atoms with Crippen LogP contribution in [0, 0.1) is 0 Å². The Hall–Kier alpha value is -3.80. The highest BCUT2D eigenvalue weighted by molar-refractivity contribution is 5.98. The van der Waals surface area contributed by atoms with Crippen molar-refractivity contribution in [3.8, 4) is 22.5 Å². The van der Waals surface area contributed by atoms with E-state index in [1.807, 2.05) is 48.5 Å². The Kier molecular flexibility index (Phi) is 5.64. The summed E-state index contributed by atoms with van der Waals surface area (Å²) in [6.45, 7) is 0.900. The minimum atomic E-state index is -0.188. The Morgan fingerprint density at radius 3 is 2.23 bits per heavy atom. The summed E-state index contributed by atoms with van der Waals surface area (Å²) in [6.07, 6.45) is 4.99. The number of nitrogens with two attached hydrogens (primary N) is 1. The van der Waals surface area contributed by atoms with Crippen LogP contribution in [0.25, 0.3) is 33.7 Å². The zero-order chi connectivity index (χ0) is 23.7. The molecule has 1 aliphatic rings. The third-order valence-electron chi connectivity index (χ3n) is 6.84. The fourth-order valence-electron chi connectivity index (χ4n) is 4.70. The number of aromatic nitrogens is 2. The Bertz CT molecular complexity index is 1440. The Labute approximate surface area is 204 Å². The highest BCUT2D eigenvalue weighted by Gasteiger charge is 2.34. The quantitative estimate of drug-likeness (QED) is 0.295. The summed E-state index contributed by atoms with van der Waals surface area (Å²) in [5.74, 6) is 0.764. The number of benzene rings is 3. The average molecular weight is 462 g/mol. The molecule has 2 aromatic heterocycles. The summed E-state index contributed by atoms with van der Waals surface area (Å²) in [6, 6.07) is 28.8. The first-order valence-corrected chi connectivity index (χ1v) is 12.0. The average Bonchev–Trinajstić information content (AvgIpc) is 3.27. The van der Waals surface area contributed by atoms with Crippen LogP contribution in [0.1, 0.15) is 36.1 Å². The van der Waals surface area contributed by atoms with E-state index in [9.17, 15) is 0 Å². The number of nitrogens with zero attached hydrogens (tertiary/aromatic N) is 2. The maximum absolute atomic E-state index is 6.53. The molecule has 3 aromatic carbocycles. The first kappa shape index (κ1) is 21.7. The Morgan fingerprint density at radius 1 is 0.829 bits per heavy atom. The van der Waals surface area contributed by atoms with Gasteiger partial charge in [-0.05, 0) is 36.0 Å². The summed E-state index contributed by atoms with van der Waals surface area (Å²) < 4.78 is 12.2. The molecular formula is C30H27N3O2. The van der Waals surface area contributed by atoms with Crippen molar-refractivity contribution in [1.29, 1.82) is 0 Å². The van der Waals surface area contributed by atoms with Crippen molar-refractivity contribution in [2.24, 2.45) is 5.73 Å². The monoisotopic (exact) mass is 461 g/mol. The molecule has 0 unspecified atom stereocenters. The second-order valence-corrected chi connectivity index (χ2v) is 9.25. The molecule has 2 N–H and O–H groups in total. The van der Waals surface area contributed by atoms with Gasteiger partial charge < -0.3 is 14.9 Å². The van der Waals surface area contributed by atoms with Crippen molar-refractivity contribution >= 4 is 11.2 Å². The SMILES string of the molecule is NC1(c2ccc(-c3oc4ncc(COCc5ccccc5)nc4c3-c3ccccc3)cc2)CCC1. The van der Waals surface area contributed by atoms with Crippen molar-refractivity contribution in [3.05, 3.63) is 108 Å². The minimum Gasteiger partial charge on any atom is -0.436 e. The van der Waals surface area contributed by atoms with Crippen LogP contribution in [-0.4, -0.2) is 9.97 Å². The number of furan rings is 1. The van der Waals surface area contributed by atoms with E-state index in [-0.39, 0.29) is 5.54 Å². The van der Waals surface area contributed by atoms with E-state index < -0.39 is 0 Å². The van der Waals surface area contributed by atoms with Gasteiger partial charge in [0, 0.05) is 11.1 Å². The number of ether oxygens (including phenoxy) is 1. The molecule has 0 spiro atoms. The maximum atomic E-state index is 6.53. The van der Waals surface area contributed by atoms with E-state index in [0.29, 0.717) is 18.9 Å². The Balaban J connectivity index is 1.36. The van der Waals surface area contributed by atoms with Crippen molar-refractivity contribution in [2.45, 2.75) is 38.0 Å². The second-order valence-electron chi connectivity index (χ2n) is 9.25. The second kappa shape index (κ2) is 9.10. The number of fused-ring (bicyclic) bond motifs is 1. The van der Waals surface area contributed by atoms with Crippen LogP contribution in [0.3, 0.4) is 0 Å². The van der Waals surface area contributed by atoms with Crippen LogP contribution in [0.2, 0.25) is 0 Å². The van der Waals surface area contributed by atoms with Gasteiger partial charge in [0.05, 0.1) is 30.7 Å². The molecule has 2 heterocycles. The molecule has 5 nitrogen and oxygen atoms in total. The summed E-state index contributed by atoms with van der Waals surface area (Å²) in [5.41, 5.74) is 13.6. The topological polar surface area (TPSA) is 74.2 Å². The zero-order valence-corrected chi connectivity index (χ0v) is 19.5. The molecular weight excluding hydrogens is 434 g/mol. The van der Waals surface area contributed by atoms with Gasteiger partial charge in [-0.3, -0.25) is 0 Å². The smallest absolute Gasteiger partial charge is 0.246 e. The van der Waals surface area contributed by atoms with Crippen LogP contribution < -0.4 is 5.73 Å². The predicted molar refractivity (Wildman–Crippen MR) is 137 cm³/mol. The standard InChI is InChI=1S/C30H27N3O2/c31-30(16-7-17-30)24-14-12-23(13-15-24)28-26(22-10-5-2-6-11-22)27-29(35-28)32-18-25(33-27)20-34-19-21-8-3-1-4-9-21/h1-6,8-15,18H,7,16-17,19-20,31H2. The first-order valence-electron chi connectivity index (χ1n) is 12.0. The predicted octanol–water partition coefficient (Wildman–Crippen LogP) is 6.61. The van der Waals surface area contributed by atoms with Crippen LogP contribution >= 0.6 is 0 Å². The normalized spacial score (nSPS) is 14.7. The molecule has 174 valence electrons. The lowest BCUT2D eigenvalue weighted by molar-refractivity contribution is 0.104. The molecule has 1 aliphatic carbocycles. The van der Waals surface area contributed by atoms with Gasteiger partial charge in [-0.1, -0.05) is 84.9 Å². The van der Waals surface area contributed by atoms with Gasteiger partial charge in [0.15, 0.2) is 0 Å². The van der Waals surface area contributed by atoms with Crippen molar-refractivity contribution in [1.82, 2.24) is 9.97 Å². The van der Waals surface area contributed by atoms with E-state index in [1.165, 1.54) is 12.0 Å². The highest BCUT2D eigenvalue weighted by Crippen LogP contribution is 2.42. The van der Waals surface area contributed by atoms with Crippen LogP contribution in [0.15, 0.2) is 95.5 Å². The third-order valence-corrected chi connectivity index (χ3v) is 6.84. The van der Waals surface area contributed by atoms with E-state index >= 15 is 0 Å². The number of hydrogen-bond donors (Lipinski definition) is 1. The maximum Gasteiger partial charge on any atom is 0.246 e. The molecule has 0 atom stereocenters. The van der Waals surface area contributed by atoms with Crippen LogP contribution in [0.4, 0.5) is 0 Å². The molecule has 0 radical (unpaired) electrons. The van der Waals surface area contributed by atoms with Gasteiger partial charge in [-0.2, -0.15) is 0 Å². The molecule has 0 bridgehead atoms. The lowest BCUT2D eigenvalue weighted by atomic mass is 9.72. The molecule has 6 rings (SSSR count). The van der Waals surface area contributed by atoms with Crippen LogP contribution in [-0.2, 0) is 23.5 Å². The summed E-state index contributed by atoms with van der Waals surface area (Å²) in [7, 11) is 0. The van der Waals surface area contributed by atoms with E-state index in [1.54, 1.807) is 6.20 Å². The van der Waals surface area contributed by atoms with Crippen molar-refractivity contribution in [2.75, 3.05) is 0 Å². The number of hydrogen-bond acceptors (Lipinski definition) is 5. The van der Waals surface area contributed by atoms with Crippen molar-refractivity contribution < 1.29 is 9.15 Å². The zero-order valence-electron chi connectivity index (χ0n) is 19.5. The first-order chi connectivity index (χ1) is 17.2. The van der Waals surface area contributed by atoms with E-state index in [2.05, 4.69) is 41.4 Å². The molecule has 1 fully saturated rings. The summed E-state index contributed by atoms with van der Waals surface area (Å²) in [4.78, 5) is 9.50. The minimum absolute atomic E-state index is 0.188. The van der Waals surface area contributed by atoms with Gasteiger partial charge in [-0.25, -0.2) is 9.97 Å². The molecule has 5 aromatic rings. The highest BCUT2D eigenvalue weighted by atomic mass is 16.5. The lowest BCUT2D eigenvalue weighted by Crippen LogP contribution is -2.43.